The molecule has 5 aromatic rings. The predicted octanol–water partition coefficient (Wildman–Crippen LogP) is 2.54. The first kappa shape index (κ1) is 22.1. The summed E-state index contributed by atoms with van der Waals surface area (Å²) in [6.45, 7) is 2.32. The lowest BCUT2D eigenvalue weighted by molar-refractivity contribution is -0.649. The van der Waals surface area contributed by atoms with Crippen LogP contribution in [0.2, 0.25) is 0 Å². The molecule has 4 aromatic heterocycles. The van der Waals surface area contributed by atoms with Gasteiger partial charge in [0, 0.05) is 36.3 Å². The zero-order valence-corrected chi connectivity index (χ0v) is 18.9. The Balaban J connectivity index is 1.66. The summed E-state index contributed by atoms with van der Waals surface area (Å²) in [5.74, 6) is -0.643. The van der Waals surface area contributed by atoms with Gasteiger partial charge in [-0.1, -0.05) is 29.2 Å². The molecule has 0 atom stereocenters. The lowest BCUT2D eigenvalue weighted by Gasteiger charge is -2.13. The number of amides is 1. The van der Waals surface area contributed by atoms with E-state index in [1.807, 2.05) is 19.1 Å². The predicted molar refractivity (Wildman–Crippen MR) is 129 cm³/mol. The Bertz CT molecular complexity index is 1630. The molecular formula is C26H22FN6O2+. The molecule has 9 heteroatoms. The van der Waals surface area contributed by atoms with E-state index < -0.39 is 5.91 Å². The Labute approximate surface area is 199 Å². The molecule has 0 aliphatic rings. The molecule has 0 aliphatic heterocycles. The topological polar surface area (TPSA) is 106 Å². The maximum absolute atomic E-state index is 13.4. The van der Waals surface area contributed by atoms with E-state index in [1.165, 1.54) is 22.6 Å². The number of halogens is 1. The molecule has 174 valence electrons. The van der Waals surface area contributed by atoms with E-state index in [4.69, 9.17) is 10.7 Å². The van der Waals surface area contributed by atoms with Crippen molar-refractivity contribution in [1.29, 1.82) is 0 Å². The van der Waals surface area contributed by atoms with E-state index >= 15 is 0 Å². The minimum absolute atomic E-state index is 0.148. The van der Waals surface area contributed by atoms with Crippen molar-refractivity contribution < 1.29 is 13.8 Å². The summed E-state index contributed by atoms with van der Waals surface area (Å²) in [6.07, 6.45) is 5.00. The number of hydrogen-bond acceptors (Lipinski definition) is 5. The van der Waals surface area contributed by atoms with Gasteiger partial charge < -0.3 is 11.1 Å². The minimum Gasteiger partial charge on any atom is -0.348 e. The summed E-state index contributed by atoms with van der Waals surface area (Å²) >= 11 is 0. The Kier molecular flexibility index (Phi) is 5.66. The SMILES string of the molecule is Cc1cccn2c(=O)c3cc(C(=O)NCc4ccc(F)cc4)c(N)[n+](Cc4cccnc4)c3nc12. The van der Waals surface area contributed by atoms with Crippen molar-refractivity contribution in [3.8, 4) is 0 Å². The third-order valence-electron chi connectivity index (χ3n) is 5.85. The minimum atomic E-state index is -0.456. The molecule has 0 fully saturated rings. The van der Waals surface area contributed by atoms with Gasteiger partial charge in [-0.15, -0.1) is 0 Å². The molecule has 8 nitrogen and oxygen atoms in total. The van der Waals surface area contributed by atoms with Gasteiger partial charge in [0.1, 0.15) is 16.8 Å². The molecule has 1 aromatic carbocycles. The zero-order valence-electron chi connectivity index (χ0n) is 18.9. The summed E-state index contributed by atoms with van der Waals surface area (Å²) in [5, 5.41) is 3.06. The van der Waals surface area contributed by atoms with Crippen molar-refractivity contribution in [2.24, 2.45) is 0 Å². The van der Waals surface area contributed by atoms with Gasteiger partial charge >= 0.3 is 0 Å². The van der Waals surface area contributed by atoms with Crippen molar-refractivity contribution in [3.05, 3.63) is 112 Å². The molecule has 1 amide bonds. The lowest BCUT2D eigenvalue weighted by Crippen LogP contribution is -2.43. The van der Waals surface area contributed by atoms with E-state index in [0.29, 0.717) is 11.3 Å². The number of rotatable bonds is 5. The molecule has 5 rings (SSSR count). The monoisotopic (exact) mass is 469 g/mol. The van der Waals surface area contributed by atoms with Gasteiger partial charge in [-0.3, -0.25) is 19.0 Å². The van der Waals surface area contributed by atoms with E-state index in [0.717, 1.165) is 16.7 Å². The fraction of sp³-hybridized carbons (Fsp3) is 0.115. The quantitative estimate of drug-likeness (QED) is 0.304. The van der Waals surface area contributed by atoms with Crippen LogP contribution in [0.15, 0.2) is 78.0 Å². The fourth-order valence-electron chi connectivity index (χ4n) is 4.01. The fourth-order valence-corrected chi connectivity index (χ4v) is 4.01. The Morgan fingerprint density at radius 1 is 1.14 bits per heavy atom. The van der Waals surface area contributed by atoms with Gasteiger partial charge in [-0.25, -0.2) is 8.96 Å². The molecule has 0 radical (unpaired) electrons. The highest BCUT2D eigenvalue weighted by Crippen LogP contribution is 2.17. The van der Waals surface area contributed by atoms with Crippen LogP contribution in [-0.2, 0) is 13.1 Å². The molecule has 0 bridgehead atoms. The van der Waals surface area contributed by atoms with Crippen molar-refractivity contribution in [2.45, 2.75) is 20.0 Å². The van der Waals surface area contributed by atoms with Crippen molar-refractivity contribution in [1.82, 2.24) is 19.7 Å². The second-order valence-corrected chi connectivity index (χ2v) is 8.24. The average Bonchev–Trinajstić information content (AvgIpc) is 2.86. The first-order valence-corrected chi connectivity index (χ1v) is 11.0. The number of carbonyl (C=O) groups excluding carboxylic acids is 1. The number of nitrogens with zero attached hydrogens (tertiary/aromatic N) is 4. The van der Waals surface area contributed by atoms with Crippen LogP contribution in [0, 0.1) is 12.7 Å². The third-order valence-corrected chi connectivity index (χ3v) is 5.85. The zero-order chi connectivity index (χ0) is 24.5. The van der Waals surface area contributed by atoms with Crippen LogP contribution in [0.1, 0.15) is 27.0 Å². The molecule has 0 saturated heterocycles. The van der Waals surface area contributed by atoms with E-state index in [2.05, 4.69) is 10.3 Å². The summed E-state index contributed by atoms with van der Waals surface area (Å²) in [5.41, 5.74) is 9.63. The van der Waals surface area contributed by atoms with Gasteiger partial charge in [0.05, 0.1) is 6.54 Å². The molecule has 35 heavy (non-hydrogen) atoms. The number of aromatic nitrogens is 4. The highest BCUT2D eigenvalue weighted by Gasteiger charge is 2.25. The van der Waals surface area contributed by atoms with Crippen molar-refractivity contribution in [3.63, 3.8) is 0 Å². The summed E-state index contributed by atoms with van der Waals surface area (Å²) in [4.78, 5) is 35.5. The van der Waals surface area contributed by atoms with Crippen LogP contribution >= 0.6 is 0 Å². The smallest absolute Gasteiger partial charge is 0.278 e. The van der Waals surface area contributed by atoms with Crippen LogP contribution in [0.3, 0.4) is 0 Å². The summed E-state index contributed by atoms with van der Waals surface area (Å²) in [7, 11) is 0. The second kappa shape index (κ2) is 8.94. The van der Waals surface area contributed by atoms with Crippen molar-refractivity contribution >= 4 is 28.4 Å². The Hall–Kier alpha value is -4.66. The van der Waals surface area contributed by atoms with E-state index in [1.54, 1.807) is 47.4 Å². The maximum atomic E-state index is 13.4. The largest absolute Gasteiger partial charge is 0.348 e. The van der Waals surface area contributed by atoms with Crippen LogP contribution in [0.25, 0.3) is 16.7 Å². The second-order valence-electron chi connectivity index (χ2n) is 8.24. The molecule has 0 spiro atoms. The van der Waals surface area contributed by atoms with Crippen LogP contribution in [0.5, 0.6) is 0 Å². The number of aryl methyl sites for hydroxylation is 1. The molecule has 0 aliphatic carbocycles. The van der Waals surface area contributed by atoms with Crippen LogP contribution in [-0.4, -0.2) is 20.3 Å². The van der Waals surface area contributed by atoms with E-state index in [9.17, 15) is 14.0 Å². The average molecular weight is 470 g/mol. The third kappa shape index (κ3) is 4.19. The normalized spacial score (nSPS) is 11.1. The molecule has 0 unspecified atom stereocenters. The lowest BCUT2D eigenvalue weighted by atomic mass is 10.1. The summed E-state index contributed by atoms with van der Waals surface area (Å²) < 4.78 is 16.3. The number of fused-ring (bicyclic) bond motifs is 2. The number of anilines is 1. The number of nitrogens with one attached hydrogen (secondary N) is 1. The first-order valence-electron chi connectivity index (χ1n) is 11.0. The van der Waals surface area contributed by atoms with Crippen LogP contribution in [0.4, 0.5) is 10.2 Å². The van der Waals surface area contributed by atoms with Gasteiger partial charge in [-0.05, 0) is 42.8 Å². The first-order chi connectivity index (χ1) is 16.9. The van der Waals surface area contributed by atoms with E-state index in [-0.39, 0.29) is 41.2 Å². The molecular weight excluding hydrogens is 447 g/mol. The number of pyridine rings is 3. The molecule has 0 saturated carbocycles. The number of nitrogens with two attached hydrogens (primary N) is 1. The maximum Gasteiger partial charge on any atom is 0.278 e. The van der Waals surface area contributed by atoms with Crippen molar-refractivity contribution in [2.75, 3.05) is 5.73 Å². The van der Waals surface area contributed by atoms with Gasteiger partial charge in [-0.2, -0.15) is 0 Å². The highest BCUT2D eigenvalue weighted by atomic mass is 19.1. The molecule has 3 N–H and O–H groups in total. The number of carbonyl (C=O) groups is 1. The molecule has 4 heterocycles. The number of benzene rings is 1. The van der Waals surface area contributed by atoms with Crippen LogP contribution < -0.4 is 21.2 Å². The Morgan fingerprint density at radius 3 is 2.69 bits per heavy atom. The standard InChI is InChI=1S/C26H21FN6O2/c1-16-4-3-11-32-23(16)31-24-21(26(32)35)12-20(22(28)33(24)15-18-5-2-10-29-13-18)25(34)30-14-17-6-8-19(27)9-7-17/h2-13,28H,14-15H2,1H3,(H,30,34)/p+1. The number of hydrogen-bond donors (Lipinski definition) is 2. The van der Waals surface area contributed by atoms with Gasteiger partial charge in [0.15, 0.2) is 0 Å². The Morgan fingerprint density at radius 2 is 1.94 bits per heavy atom. The van der Waals surface area contributed by atoms with Gasteiger partial charge in [0.2, 0.25) is 11.5 Å². The van der Waals surface area contributed by atoms with Gasteiger partial charge in [0.25, 0.3) is 17.1 Å². The highest BCUT2D eigenvalue weighted by molar-refractivity contribution is 6.00. The summed E-state index contributed by atoms with van der Waals surface area (Å²) in [6, 6.07) is 14.6. The number of nitrogen functional groups attached to an aromatic ring is 1.